The van der Waals surface area contributed by atoms with Gasteiger partial charge in [0.25, 0.3) is 0 Å². The molecule has 2 heterocycles. The highest BCUT2D eigenvalue weighted by Gasteiger charge is 2.48. The Bertz CT molecular complexity index is 502. The molecule has 21 heavy (non-hydrogen) atoms. The number of thiophene rings is 1. The second-order valence-corrected chi connectivity index (χ2v) is 6.41. The van der Waals surface area contributed by atoms with Crippen LogP contribution in [-0.4, -0.2) is 46.2 Å². The van der Waals surface area contributed by atoms with E-state index in [1.165, 1.54) is 0 Å². The van der Waals surface area contributed by atoms with E-state index in [-0.39, 0.29) is 12.5 Å². The minimum Gasteiger partial charge on any atom is -0.481 e. The molecular formula is C15H21NO4S. The largest absolute Gasteiger partial charge is 0.481 e. The molecule has 2 atom stereocenters. The number of β-amino-alcohol motifs (C(OH)–C–C–N with tert-alkyl or cyclic N) is 1. The lowest BCUT2D eigenvalue weighted by atomic mass is 9.72. The van der Waals surface area contributed by atoms with Crippen molar-refractivity contribution in [1.82, 2.24) is 4.90 Å². The fraction of sp³-hybridized carbons (Fsp3) is 0.600. The van der Waals surface area contributed by atoms with E-state index in [0.717, 1.165) is 5.56 Å². The van der Waals surface area contributed by atoms with Crippen LogP contribution in [0.15, 0.2) is 16.8 Å². The predicted molar refractivity (Wildman–Crippen MR) is 80.2 cm³/mol. The first-order valence-corrected chi connectivity index (χ1v) is 8.14. The topological polar surface area (TPSA) is 77.8 Å². The summed E-state index contributed by atoms with van der Waals surface area (Å²) in [5, 5.41) is 23.6. The van der Waals surface area contributed by atoms with Gasteiger partial charge in [0.05, 0.1) is 17.9 Å². The van der Waals surface area contributed by atoms with Gasteiger partial charge in [-0.25, -0.2) is 0 Å². The highest BCUT2D eigenvalue weighted by molar-refractivity contribution is 7.07. The van der Waals surface area contributed by atoms with E-state index < -0.39 is 17.5 Å². The molecule has 0 unspecified atom stereocenters. The molecule has 6 heteroatoms. The molecule has 0 radical (unpaired) electrons. The lowest BCUT2D eigenvalue weighted by Crippen LogP contribution is -2.56. The second-order valence-electron chi connectivity index (χ2n) is 5.63. The summed E-state index contributed by atoms with van der Waals surface area (Å²) in [5.74, 6) is -1.01. The summed E-state index contributed by atoms with van der Waals surface area (Å²) in [6.45, 7) is 2.41. The lowest BCUT2D eigenvalue weighted by molar-refractivity contribution is -0.167. The Balaban J connectivity index is 2.02. The first-order chi connectivity index (χ1) is 9.99. The van der Waals surface area contributed by atoms with Crippen molar-refractivity contribution in [1.29, 1.82) is 0 Å². The SMILES string of the molecule is CCC[C@]1(C(=O)O)CCN(C(=O)Cc2ccsc2)C[C@@H]1O. The number of nitrogens with zero attached hydrogens (tertiary/aromatic N) is 1. The number of carboxylic acids is 1. The van der Waals surface area contributed by atoms with E-state index in [9.17, 15) is 19.8 Å². The third-order valence-electron chi connectivity index (χ3n) is 4.27. The number of aliphatic carboxylic acids is 1. The first-order valence-electron chi connectivity index (χ1n) is 7.20. The molecular weight excluding hydrogens is 290 g/mol. The molecule has 1 aromatic heterocycles. The summed E-state index contributed by atoms with van der Waals surface area (Å²) >= 11 is 1.54. The fourth-order valence-electron chi connectivity index (χ4n) is 2.98. The molecule has 1 aromatic rings. The average molecular weight is 311 g/mol. The van der Waals surface area contributed by atoms with E-state index in [4.69, 9.17) is 0 Å². The van der Waals surface area contributed by atoms with Crippen LogP contribution in [0.1, 0.15) is 31.7 Å². The van der Waals surface area contributed by atoms with E-state index in [1.807, 2.05) is 23.8 Å². The molecule has 0 aromatic carbocycles. The monoisotopic (exact) mass is 311 g/mol. The number of carboxylic acid groups (broad SMARTS) is 1. The van der Waals surface area contributed by atoms with Crippen LogP contribution in [0.4, 0.5) is 0 Å². The van der Waals surface area contributed by atoms with Crippen LogP contribution in [0.5, 0.6) is 0 Å². The van der Waals surface area contributed by atoms with Gasteiger partial charge < -0.3 is 15.1 Å². The van der Waals surface area contributed by atoms with Crippen molar-refractivity contribution in [3.63, 3.8) is 0 Å². The zero-order valence-electron chi connectivity index (χ0n) is 12.1. The molecule has 5 nitrogen and oxygen atoms in total. The summed E-state index contributed by atoms with van der Waals surface area (Å²) in [5.41, 5.74) is -0.142. The Morgan fingerprint density at radius 3 is 2.81 bits per heavy atom. The molecule has 1 saturated heterocycles. The maximum Gasteiger partial charge on any atom is 0.312 e. The number of likely N-dealkylation sites (tertiary alicyclic amines) is 1. The average Bonchev–Trinajstić information content (AvgIpc) is 2.93. The molecule has 0 bridgehead atoms. The number of carbonyl (C=O) groups is 2. The van der Waals surface area contributed by atoms with E-state index in [0.29, 0.717) is 32.2 Å². The predicted octanol–water partition coefficient (Wildman–Crippen LogP) is 1.75. The molecule has 1 aliphatic heterocycles. The molecule has 2 rings (SSSR count). The van der Waals surface area contributed by atoms with Crippen molar-refractivity contribution in [2.45, 2.75) is 38.7 Å². The van der Waals surface area contributed by atoms with E-state index in [1.54, 1.807) is 16.2 Å². The number of amides is 1. The summed E-state index contributed by atoms with van der Waals surface area (Å²) in [6.07, 6.45) is 0.758. The number of aliphatic hydroxyl groups excluding tert-OH is 1. The van der Waals surface area contributed by atoms with Crippen LogP contribution in [0, 0.1) is 5.41 Å². The fourth-order valence-corrected chi connectivity index (χ4v) is 3.64. The zero-order chi connectivity index (χ0) is 15.5. The standard InChI is InChI=1S/C15H21NO4S/c1-2-4-15(14(19)20)5-6-16(9-12(15)17)13(18)8-11-3-7-21-10-11/h3,7,10,12,17H,2,4-6,8-9H2,1H3,(H,19,20)/t12-,15-/m0/s1. The minimum absolute atomic E-state index is 0.0528. The molecule has 1 fully saturated rings. The molecule has 0 aliphatic carbocycles. The maximum absolute atomic E-state index is 12.2. The molecule has 116 valence electrons. The third kappa shape index (κ3) is 3.27. The number of aliphatic hydroxyl groups is 1. The summed E-state index contributed by atoms with van der Waals surface area (Å²) in [4.78, 5) is 25.4. The Labute approximate surface area is 128 Å². The minimum atomic E-state index is -1.10. The molecule has 2 N–H and O–H groups in total. The normalized spacial score (nSPS) is 25.8. The van der Waals surface area contributed by atoms with E-state index in [2.05, 4.69) is 0 Å². The van der Waals surface area contributed by atoms with Gasteiger partial charge in [-0.3, -0.25) is 9.59 Å². The van der Waals surface area contributed by atoms with Crippen molar-refractivity contribution in [2.24, 2.45) is 5.41 Å². The number of piperidine rings is 1. The number of rotatable bonds is 5. The Kier molecular flexibility index (Phi) is 5.00. The van der Waals surface area contributed by atoms with Crippen molar-refractivity contribution >= 4 is 23.2 Å². The molecule has 0 saturated carbocycles. The highest BCUT2D eigenvalue weighted by atomic mass is 32.1. The summed E-state index contributed by atoms with van der Waals surface area (Å²) < 4.78 is 0. The van der Waals surface area contributed by atoms with Crippen LogP contribution in [0.3, 0.4) is 0 Å². The van der Waals surface area contributed by atoms with Crippen LogP contribution in [-0.2, 0) is 16.0 Å². The van der Waals surface area contributed by atoms with E-state index >= 15 is 0 Å². The van der Waals surface area contributed by atoms with Crippen molar-refractivity contribution in [3.8, 4) is 0 Å². The van der Waals surface area contributed by atoms with Crippen LogP contribution >= 0.6 is 11.3 Å². The van der Waals surface area contributed by atoms with Gasteiger partial charge in [-0.2, -0.15) is 11.3 Å². The van der Waals surface area contributed by atoms with Gasteiger partial charge in [0.2, 0.25) is 5.91 Å². The lowest BCUT2D eigenvalue weighted by Gasteiger charge is -2.42. The van der Waals surface area contributed by atoms with Gasteiger partial charge in [-0.05, 0) is 35.2 Å². The molecule has 1 amide bonds. The Morgan fingerprint density at radius 2 is 2.29 bits per heavy atom. The maximum atomic E-state index is 12.2. The van der Waals surface area contributed by atoms with Gasteiger partial charge >= 0.3 is 5.97 Å². The Hall–Kier alpha value is -1.40. The number of hydrogen-bond donors (Lipinski definition) is 2. The quantitative estimate of drug-likeness (QED) is 0.868. The van der Waals surface area contributed by atoms with Gasteiger partial charge in [0, 0.05) is 13.1 Å². The first kappa shape index (κ1) is 16.0. The summed E-state index contributed by atoms with van der Waals surface area (Å²) in [6, 6.07) is 1.90. The highest BCUT2D eigenvalue weighted by Crippen LogP contribution is 2.37. The van der Waals surface area contributed by atoms with Crippen molar-refractivity contribution in [2.75, 3.05) is 13.1 Å². The summed E-state index contributed by atoms with van der Waals surface area (Å²) in [7, 11) is 0. The van der Waals surface area contributed by atoms with Gasteiger partial charge in [0.15, 0.2) is 0 Å². The van der Waals surface area contributed by atoms with Gasteiger partial charge in [0.1, 0.15) is 0 Å². The number of carbonyl (C=O) groups excluding carboxylic acids is 1. The smallest absolute Gasteiger partial charge is 0.312 e. The second kappa shape index (κ2) is 6.58. The van der Waals surface area contributed by atoms with Crippen LogP contribution in [0.2, 0.25) is 0 Å². The van der Waals surface area contributed by atoms with Crippen molar-refractivity contribution < 1.29 is 19.8 Å². The third-order valence-corrected chi connectivity index (χ3v) is 5.00. The molecule has 1 aliphatic rings. The molecule has 0 spiro atoms. The van der Waals surface area contributed by atoms with Gasteiger partial charge in [-0.1, -0.05) is 13.3 Å². The van der Waals surface area contributed by atoms with Crippen LogP contribution in [0.25, 0.3) is 0 Å². The Morgan fingerprint density at radius 1 is 1.52 bits per heavy atom. The van der Waals surface area contributed by atoms with Crippen molar-refractivity contribution in [3.05, 3.63) is 22.4 Å². The van der Waals surface area contributed by atoms with Gasteiger partial charge in [-0.15, -0.1) is 0 Å². The zero-order valence-corrected chi connectivity index (χ0v) is 12.9. The van der Waals surface area contributed by atoms with Crippen LogP contribution < -0.4 is 0 Å². The number of hydrogen-bond acceptors (Lipinski definition) is 4.